The van der Waals surface area contributed by atoms with Gasteiger partial charge in [0.2, 0.25) is 0 Å². The van der Waals surface area contributed by atoms with E-state index in [-0.39, 0.29) is 49.4 Å². The van der Waals surface area contributed by atoms with E-state index < -0.39 is 73.7 Å². The molecule has 0 aliphatic rings. The number of aromatic hydroxyl groups is 3. The number of rotatable bonds is 7. The van der Waals surface area contributed by atoms with Crippen molar-refractivity contribution in [2.24, 2.45) is 20.5 Å². The van der Waals surface area contributed by atoms with E-state index in [1.807, 2.05) is 0 Å². The van der Waals surface area contributed by atoms with Crippen LogP contribution in [0.25, 0.3) is 32.3 Å². The van der Waals surface area contributed by atoms with Gasteiger partial charge in [-0.1, -0.05) is 0 Å². The van der Waals surface area contributed by atoms with Crippen molar-refractivity contribution in [3.05, 3.63) is 78.9 Å². The van der Waals surface area contributed by atoms with Crippen LogP contribution in [-0.4, -0.2) is 54.2 Å². The van der Waals surface area contributed by atoms with Crippen LogP contribution in [0.1, 0.15) is 0 Å². The van der Waals surface area contributed by atoms with Crippen molar-refractivity contribution in [2.75, 3.05) is 5.73 Å². The molecule has 6 aromatic rings. The van der Waals surface area contributed by atoms with Crippen LogP contribution < -0.4 is 5.73 Å². The first-order valence-corrected chi connectivity index (χ1v) is 18.0. The van der Waals surface area contributed by atoms with E-state index in [2.05, 4.69) is 20.5 Å². The van der Waals surface area contributed by atoms with Crippen LogP contribution in [0, 0.1) is 0 Å². The Hall–Kier alpha value is -5.77. The van der Waals surface area contributed by atoms with E-state index in [4.69, 9.17) is 5.73 Å². The highest BCUT2D eigenvalue weighted by molar-refractivity contribution is 7.86. The Morgan fingerprint density at radius 1 is 0.480 bits per heavy atom. The molecule has 256 valence electrons. The van der Waals surface area contributed by atoms with Crippen LogP contribution in [0.15, 0.2) is 114 Å². The van der Waals surface area contributed by atoms with Crippen molar-refractivity contribution in [1.29, 1.82) is 0 Å². The Kier molecular flexibility index (Phi) is 8.17. The third-order valence-electron chi connectivity index (χ3n) is 7.38. The monoisotopic (exact) mass is 739 g/mol. The largest absolute Gasteiger partial charge is 0.507 e. The van der Waals surface area contributed by atoms with Crippen molar-refractivity contribution >= 4 is 91.1 Å². The summed E-state index contributed by atoms with van der Waals surface area (Å²) in [6, 6.07) is 15.8. The highest BCUT2D eigenvalue weighted by atomic mass is 32.2. The summed E-state index contributed by atoms with van der Waals surface area (Å²) in [7, 11) is -14.7. The standard InChI is InChI=1S/C30H21N5O12S3/c31-17-1-4-22-14(7-17)11-25(49(42,43)44)27(29(22)37)34-33-19-3-6-23-16(9-19)12-26(50(45,46)47)28(30(23)38)35-32-18-2-5-21-15(8-18)10-20(13-24(21)36)48(39,40)41/h1-13,36-38H,31H2,(H,39,40,41)(H,42,43,44)(H,45,46,47). The molecule has 0 fully saturated rings. The lowest BCUT2D eigenvalue weighted by Gasteiger charge is -2.10. The summed E-state index contributed by atoms with van der Waals surface area (Å²) in [5, 5.41) is 48.1. The van der Waals surface area contributed by atoms with Crippen molar-refractivity contribution in [1.82, 2.24) is 0 Å². The van der Waals surface area contributed by atoms with Crippen molar-refractivity contribution in [3.63, 3.8) is 0 Å². The number of benzene rings is 6. The van der Waals surface area contributed by atoms with Crippen LogP contribution in [0.3, 0.4) is 0 Å². The van der Waals surface area contributed by atoms with Gasteiger partial charge in [0.05, 0.1) is 16.3 Å². The van der Waals surface area contributed by atoms with Gasteiger partial charge in [-0.3, -0.25) is 13.7 Å². The molecular formula is C30H21N5O12S3. The highest BCUT2D eigenvalue weighted by Crippen LogP contribution is 2.44. The van der Waals surface area contributed by atoms with Gasteiger partial charge in [0, 0.05) is 27.9 Å². The zero-order valence-electron chi connectivity index (χ0n) is 24.7. The third-order valence-corrected chi connectivity index (χ3v) is 9.95. The maximum Gasteiger partial charge on any atom is 0.296 e. The molecule has 6 rings (SSSR count). The van der Waals surface area contributed by atoms with Crippen LogP contribution in [0.5, 0.6) is 17.2 Å². The summed E-state index contributed by atoms with van der Waals surface area (Å²) < 4.78 is 101. The van der Waals surface area contributed by atoms with E-state index in [9.17, 15) is 54.2 Å². The Labute approximate surface area is 281 Å². The lowest BCUT2D eigenvalue weighted by molar-refractivity contribution is 0.471. The number of nitrogens with two attached hydrogens (primary N) is 1. The number of phenolic OH excluding ortho intramolecular Hbond substituents is 3. The molecule has 20 heteroatoms. The number of nitrogen functional groups attached to an aromatic ring is 1. The Morgan fingerprint density at radius 2 is 0.920 bits per heavy atom. The second-order valence-electron chi connectivity index (χ2n) is 10.7. The number of phenols is 3. The van der Waals surface area contributed by atoms with Gasteiger partial charge in [0.1, 0.15) is 26.9 Å². The van der Waals surface area contributed by atoms with Gasteiger partial charge in [-0.05, 0) is 89.0 Å². The molecule has 17 nitrogen and oxygen atoms in total. The van der Waals surface area contributed by atoms with Crippen LogP contribution in [0.4, 0.5) is 28.4 Å². The number of anilines is 1. The molecule has 0 heterocycles. The molecule has 50 heavy (non-hydrogen) atoms. The molecule has 0 bridgehead atoms. The summed E-state index contributed by atoms with van der Waals surface area (Å²) in [6.45, 7) is 0. The predicted molar refractivity (Wildman–Crippen MR) is 179 cm³/mol. The van der Waals surface area contributed by atoms with Crippen LogP contribution >= 0.6 is 0 Å². The first kappa shape index (κ1) is 34.1. The summed E-state index contributed by atoms with van der Waals surface area (Å²) in [4.78, 5) is -2.26. The molecule has 0 aromatic heterocycles. The molecule has 0 aliphatic carbocycles. The van der Waals surface area contributed by atoms with E-state index >= 15 is 0 Å². The van der Waals surface area contributed by atoms with E-state index in [1.54, 1.807) is 0 Å². The SMILES string of the molecule is Nc1ccc2c(O)c(N=Nc3ccc4c(O)c(N=Nc5ccc6c(O)cc(S(=O)(=O)O)cc6c5)c(S(=O)(=O)O)cc4c3)c(S(=O)(=O)O)cc2c1. The summed E-state index contributed by atoms with van der Waals surface area (Å²) in [5.41, 5.74) is 4.66. The fourth-order valence-electron chi connectivity index (χ4n) is 5.09. The minimum Gasteiger partial charge on any atom is -0.507 e. The topological polar surface area (TPSA) is 299 Å². The van der Waals surface area contributed by atoms with Gasteiger partial charge in [0.15, 0.2) is 11.5 Å². The Morgan fingerprint density at radius 3 is 1.40 bits per heavy atom. The lowest BCUT2D eigenvalue weighted by atomic mass is 10.1. The molecule has 0 unspecified atom stereocenters. The fourth-order valence-corrected chi connectivity index (χ4v) is 6.95. The van der Waals surface area contributed by atoms with Gasteiger partial charge in [0.25, 0.3) is 30.4 Å². The van der Waals surface area contributed by atoms with Crippen molar-refractivity contribution in [3.8, 4) is 17.2 Å². The average molecular weight is 740 g/mol. The third kappa shape index (κ3) is 6.48. The van der Waals surface area contributed by atoms with Gasteiger partial charge in [-0.15, -0.1) is 10.2 Å². The molecule has 8 N–H and O–H groups in total. The molecule has 0 atom stereocenters. The Bertz CT molecular complexity index is 2840. The normalized spacial score (nSPS) is 12.9. The molecule has 0 saturated heterocycles. The smallest absolute Gasteiger partial charge is 0.296 e. The maximum absolute atomic E-state index is 12.4. The number of nitrogens with zero attached hydrogens (tertiary/aromatic N) is 4. The Balaban J connectivity index is 1.43. The number of hydrogen-bond acceptors (Lipinski definition) is 14. The number of hydrogen-bond donors (Lipinski definition) is 7. The summed E-state index contributed by atoms with van der Waals surface area (Å²) in [6.07, 6.45) is 0. The molecule has 0 radical (unpaired) electrons. The second-order valence-corrected chi connectivity index (χ2v) is 14.9. The zero-order chi connectivity index (χ0) is 36.3. The van der Waals surface area contributed by atoms with Gasteiger partial charge in [-0.25, -0.2) is 0 Å². The van der Waals surface area contributed by atoms with E-state index in [1.165, 1.54) is 54.6 Å². The molecule has 6 aromatic carbocycles. The molecule has 0 spiro atoms. The molecule has 0 amide bonds. The van der Waals surface area contributed by atoms with Gasteiger partial charge < -0.3 is 21.1 Å². The molecular weight excluding hydrogens is 719 g/mol. The second kappa shape index (κ2) is 12.0. The number of fused-ring (bicyclic) bond motifs is 3. The van der Waals surface area contributed by atoms with Gasteiger partial charge >= 0.3 is 0 Å². The molecule has 0 aliphatic heterocycles. The lowest BCUT2D eigenvalue weighted by Crippen LogP contribution is -1.99. The minimum atomic E-state index is -5.07. The van der Waals surface area contributed by atoms with Gasteiger partial charge in [-0.2, -0.15) is 35.5 Å². The highest BCUT2D eigenvalue weighted by Gasteiger charge is 2.24. The van der Waals surface area contributed by atoms with Crippen LogP contribution in [0.2, 0.25) is 0 Å². The van der Waals surface area contributed by atoms with E-state index in [0.29, 0.717) is 0 Å². The fraction of sp³-hybridized carbons (Fsp3) is 0. The van der Waals surface area contributed by atoms with Crippen molar-refractivity contribution < 1.29 is 54.2 Å². The maximum atomic E-state index is 12.4. The predicted octanol–water partition coefficient (Wildman–Crippen LogP) is 6.42. The first-order chi connectivity index (χ1) is 23.3. The van der Waals surface area contributed by atoms with Crippen LogP contribution in [-0.2, 0) is 30.4 Å². The minimum absolute atomic E-state index is 0.00343. The average Bonchev–Trinajstić information content (AvgIpc) is 3.02. The quantitative estimate of drug-likeness (QED) is 0.0529. The van der Waals surface area contributed by atoms with E-state index in [0.717, 1.165) is 24.3 Å². The molecule has 0 saturated carbocycles. The van der Waals surface area contributed by atoms with Crippen molar-refractivity contribution in [2.45, 2.75) is 14.7 Å². The first-order valence-electron chi connectivity index (χ1n) is 13.7. The number of azo groups is 2. The zero-order valence-corrected chi connectivity index (χ0v) is 27.2. The summed E-state index contributed by atoms with van der Waals surface area (Å²) in [5.74, 6) is -1.84. The summed E-state index contributed by atoms with van der Waals surface area (Å²) >= 11 is 0.